The Morgan fingerprint density at radius 1 is 1.11 bits per heavy atom. The molecule has 0 amide bonds. The third-order valence-electron chi connectivity index (χ3n) is 5.26. The largest absolute Gasteiger partial charge is 0.493 e. The zero-order valence-corrected chi connectivity index (χ0v) is 20.3. The minimum atomic E-state index is -4.47. The van der Waals surface area contributed by atoms with E-state index in [-0.39, 0.29) is 23.5 Å². The van der Waals surface area contributed by atoms with Gasteiger partial charge in [-0.05, 0) is 42.3 Å². The Kier molecular flexibility index (Phi) is 10.0. The average molecular weight is 509 g/mol. The van der Waals surface area contributed by atoms with Crippen molar-refractivity contribution in [3.63, 3.8) is 0 Å². The first-order valence-corrected chi connectivity index (χ1v) is 10.8. The van der Waals surface area contributed by atoms with Crippen LogP contribution in [0.2, 0.25) is 0 Å². The fraction of sp³-hybridized carbons (Fsp3) is 0.320. The van der Waals surface area contributed by atoms with Crippen LogP contribution in [0, 0.1) is 0 Å². The van der Waals surface area contributed by atoms with E-state index in [1.165, 1.54) is 33.4 Å². The molecule has 0 spiro atoms. The van der Waals surface area contributed by atoms with Crippen molar-refractivity contribution in [3.05, 3.63) is 70.4 Å². The summed E-state index contributed by atoms with van der Waals surface area (Å²) in [6, 6.07) is 9.03. The number of carbonyl (C=O) groups excluding carboxylic acids is 1. The lowest BCUT2D eigenvalue weighted by atomic mass is 10.1. The molecular weight excluding hydrogens is 480 g/mol. The Morgan fingerprint density at radius 2 is 1.75 bits per heavy atom. The van der Waals surface area contributed by atoms with Gasteiger partial charge in [-0.15, -0.1) is 0 Å². The number of amidine groups is 2. The van der Waals surface area contributed by atoms with Crippen molar-refractivity contribution >= 4 is 18.0 Å². The van der Waals surface area contributed by atoms with Crippen molar-refractivity contribution in [2.45, 2.75) is 25.6 Å². The molecule has 0 aliphatic heterocycles. The van der Waals surface area contributed by atoms with E-state index in [0.717, 1.165) is 17.7 Å². The minimum Gasteiger partial charge on any atom is -0.493 e. The Hall–Kier alpha value is -3.89. The van der Waals surface area contributed by atoms with Gasteiger partial charge >= 0.3 is 6.18 Å². The van der Waals surface area contributed by atoms with Gasteiger partial charge in [-0.2, -0.15) is 13.2 Å². The molecule has 36 heavy (non-hydrogen) atoms. The molecule has 2 aromatic rings. The molecule has 194 valence electrons. The molecule has 0 heterocycles. The summed E-state index contributed by atoms with van der Waals surface area (Å²) in [5.74, 6) is 1.35. The van der Waals surface area contributed by atoms with E-state index in [4.69, 9.17) is 15.2 Å². The van der Waals surface area contributed by atoms with Gasteiger partial charge in [-0.3, -0.25) is 14.8 Å². The van der Waals surface area contributed by atoms with Gasteiger partial charge in [0.15, 0.2) is 17.8 Å². The Bertz CT molecular complexity index is 1140. The fourth-order valence-corrected chi connectivity index (χ4v) is 3.24. The molecule has 2 rings (SSSR count). The van der Waals surface area contributed by atoms with E-state index in [1.807, 2.05) is 0 Å². The molecule has 0 saturated carbocycles. The molecule has 0 saturated heterocycles. The van der Waals surface area contributed by atoms with Crippen LogP contribution in [0.5, 0.6) is 11.5 Å². The molecule has 0 bridgehead atoms. The number of aldehydes is 1. The van der Waals surface area contributed by atoms with E-state index >= 15 is 0 Å². The number of methoxy groups -OCH3 is 2. The van der Waals surface area contributed by atoms with Crippen LogP contribution in [0.3, 0.4) is 0 Å². The number of nitrogens with zero attached hydrogens (tertiary/aromatic N) is 2. The molecule has 3 N–H and O–H groups in total. The van der Waals surface area contributed by atoms with Crippen LogP contribution < -0.4 is 20.5 Å². The molecule has 1 unspecified atom stereocenters. The number of ether oxygens (including phenoxy) is 2. The highest BCUT2D eigenvalue weighted by atomic mass is 19.4. The van der Waals surface area contributed by atoms with Gasteiger partial charge in [-0.25, -0.2) is 4.39 Å². The normalized spacial score (nSPS) is 14.1. The van der Waals surface area contributed by atoms with Crippen molar-refractivity contribution in [2.24, 2.45) is 15.7 Å². The van der Waals surface area contributed by atoms with Crippen molar-refractivity contribution in [1.29, 1.82) is 0 Å². The van der Waals surface area contributed by atoms with Gasteiger partial charge in [-0.1, -0.05) is 18.2 Å². The van der Waals surface area contributed by atoms with Crippen LogP contribution in [0.4, 0.5) is 17.6 Å². The molecule has 0 radical (unpaired) electrons. The van der Waals surface area contributed by atoms with Crippen LogP contribution in [-0.4, -0.2) is 45.9 Å². The second kappa shape index (κ2) is 12.7. The molecule has 1 atom stereocenters. The van der Waals surface area contributed by atoms with Gasteiger partial charge in [0.25, 0.3) is 0 Å². The Balaban J connectivity index is 2.41. The topological polar surface area (TPSA) is 98.3 Å². The van der Waals surface area contributed by atoms with Gasteiger partial charge in [0.05, 0.1) is 37.1 Å². The highest BCUT2D eigenvalue weighted by Crippen LogP contribution is 2.30. The first kappa shape index (κ1) is 28.3. The maximum absolute atomic E-state index is 13.3. The van der Waals surface area contributed by atoms with Crippen LogP contribution in [0.1, 0.15) is 29.7 Å². The summed E-state index contributed by atoms with van der Waals surface area (Å²) in [4.78, 5) is 20.4. The standard InChI is InChI=1S/C25H28F4N4O3/c1-15(17-6-8-18(9-7-17)25(27,28)29)32-24(19(14-34)20(30)13-26)33-23(31-2)12-16-5-10-21(35-3)22(11-16)36-4/h5-11,14-15H,12-13,30H2,1-4H3,(H,31,32,33). The van der Waals surface area contributed by atoms with E-state index in [2.05, 4.69) is 15.3 Å². The number of hydrogen-bond acceptors (Lipinski definition) is 6. The van der Waals surface area contributed by atoms with Crippen molar-refractivity contribution < 1.29 is 31.8 Å². The van der Waals surface area contributed by atoms with Crippen molar-refractivity contribution in [1.82, 2.24) is 5.32 Å². The second-order valence-electron chi connectivity index (χ2n) is 7.63. The number of benzene rings is 2. The summed E-state index contributed by atoms with van der Waals surface area (Å²) in [6.07, 6.45) is -3.85. The minimum absolute atomic E-state index is 0.0615. The summed E-state index contributed by atoms with van der Waals surface area (Å²) >= 11 is 0. The quantitative estimate of drug-likeness (QED) is 0.172. The number of nitrogens with two attached hydrogens (primary N) is 1. The lowest BCUT2D eigenvalue weighted by molar-refractivity contribution is -0.137. The third kappa shape index (κ3) is 7.30. The predicted molar refractivity (Wildman–Crippen MR) is 130 cm³/mol. The number of halogens is 4. The van der Waals surface area contributed by atoms with E-state index in [1.54, 1.807) is 25.1 Å². The number of hydrogen-bond donors (Lipinski definition) is 2. The van der Waals surface area contributed by atoms with Gasteiger partial charge < -0.3 is 20.5 Å². The molecule has 0 aliphatic carbocycles. The number of nitrogens with one attached hydrogen (secondary N) is 1. The van der Waals surface area contributed by atoms with Crippen molar-refractivity contribution in [3.8, 4) is 11.5 Å². The van der Waals surface area contributed by atoms with Gasteiger partial charge in [0.1, 0.15) is 18.3 Å². The average Bonchev–Trinajstić information content (AvgIpc) is 2.87. The summed E-state index contributed by atoms with van der Waals surface area (Å²) in [7, 11) is 4.53. The number of rotatable bonds is 9. The van der Waals surface area contributed by atoms with Crippen LogP contribution in [0.25, 0.3) is 0 Å². The van der Waals surface area contributed by atoms with E-state index < -0.39 is 24.5 Å². The molecule has 2 aromatic carbocycles. The molecule has 11 heteroatoms. The van der Waals surface area contributed by atoms with E-state index in [0.29, 0.717) is 29.2 Å². The number of carbonyl (C=O) groups is 1. The maximum Gasteiger partial charge on any atom is 0.416 e. The molecule has 0 aliphatic rings. The van der Waals surface area contributed by atoms with Crippen molar-refractivity contribution in [2.75, 3.05) is 27.9 Å². The van der Waals surface area contributed by atoms with Crippen LogP contribution in [-0.2, 0) is 17.4 Å². The maximum atomic E-state index is 13.3. The molecule has 0 fully saturated rings. The predicted octanol–water partition coefficient (Wildman–Crippen LogP) is 4.42. The third-order valence-corrected chi connectivity index (χ3v) is 5.26. The summed E-state index contributed by atoms with van der Waals surface area (Å²) in [5.41, 5.74) is 5.57. The highest BCUT2D eigenvalue weighted by Gasteiger charge is 2.30. The van der Waals surface area contributed by atoms with Gasteiger partial charge in [0.2, 0.25) is 0 Å². The lowest BCUT2D eigenvalue weighted by Crippen LogP contribution is -2.35. The SMILES string of the molecule is CN=C(Cc1ccc(OC)c(OC)c1)NC(=NC(C)c1ccc(C(F)(F)F)cc1)C(C=O)=C(N)CF. The van der Waals surface area contributed by atoms with Gasteiger partial charge in [0, 0.05) is 13.5 Å². The van der Waals surface area contributed by atoms with Crippen LogP contribution >= 0.6 is 0 Å². The number of aliphatic imine (C=N–C) groups is 2. The Labute approximate surface area is 206 Å². The second-order valence-corrected chi connectivity index (χ2v) is 7.63. The molecule has 0 aromatic heterocycles. The van der Waals surface area contributed by atoms with Crippen LogP contribution in [0.15, 0.2) is 63.7 Å². The lowest BCUT2D eigenvalue weighted by Gasteiger charge is -2.17. The number of allylic oxidation sites excluding steroid dienone is 1. The zero-order chi connectivity index (χ0) is 26.9. The first-order valence-electron chi connectivity index (χ1n) is 10.8. The molecule has 7 nitrogen and oxygen atoms in total. The summed E-state index contributed by atoms with van der Waals surface area (Å²) in [6.45, 7) is 0.521. The first-order chi connectivity index (χ1) is 17.1. The molecular formula is C25H28F4N4O3. The number of alkyl halides is 4. The zero-order valence-electron chi connectivity index (χ0n) is 20.3. The summed E-state index contributed by atoms with van der Waals surface area (Å²) < 4.78 is 62.6. The monoisotopic (exact) mass is 508 g/mol. The highest BCUT2D eigenvalue weighted by molar-refractivity contribution is 6.19. The Morgan fingerprint density at radius 3 is 2.25 bits per heavy atom. The fourth-order valence-electron chi connectivity index (χ4n) is 3.24. The summed E-state index contributed by atoms with van der Waals surface area (Å²) in [5, 5.41) is 2.93. The van der Waals surface area contributed by atoms with E-state index in [9.17, 15) is 22.4 Å². The smallest absolute Gasteiger partial charge is 0.416 e.